The zero-order valence-electron chi connectivity index (χ0n) is 11.7. The van der Waals surface area contributed by atoms with Crippen LogP contribution in [0.15, 0.2) is 30.3 Å². The Balaban J connectivity index is 2.06. The third-order valence-corrected chi connectivity index (χ3v) is 4.27. The molecule has 2 aromatic heterocycles. The topological polar surface area (TPSA) is 63.8 Å². The Labute approximate surface area is 132 Å². The Hall–Kier alpha value is -2.05. The summed E-state index contributed by atoms with van der Waals surface area (Å²) >= 11 is 6.72. The minimum absolute atomic E-state index is 0.337. The molecule has 0 aliphatic rings. The fourth-order valence-corrected chi connectivity index (χ4v) is 3.39. The molecule has 3 rings (SSSR count). The Kier molecular flexibility index (Phi) is 3.57. The van der Waals surface area contributed by atoms with E-state index in [0.717, 1.165) is 32.2 Å². The van der Waals surface area contributed by atoms with Gasteiger partial charge >= 0.3 is 0 Å². The van der Waals surface area contributed by atoms with Gasteiger partial charge in [0.05, 0.1) is 15.8 Å². The molecule has 0 aliphatic heterocycles. The van der Waals surface area contributed by atoms with Gasteiger partial charge in [-0.1, -0.05) is 35.7 Å². The molecule has 0 aliphatic carbocycles. The van der Waals surface area contributed by atoms with Crippen LogP contribution < -0.4 is 11.1 Å². The van der Waals surface area contributed by atoms with Gasteiger partial charge in [0.1, 0.15) is 10.8 Å². The minimum Gasteiger partial charge on any atom is -0.389 e. The van der Waals surface area contributed by atoms with Crippen molar-refractivity contribution in [2.75, 3.05) is 5.32 Å². The summed E-state index contributed by atoms with van der Waals surface area (Å²) < 4.78 is 1.13. The number of nitrogens with two attached hydrogens (primary N) is 1. The summed E-state index contributed by atoms with van der Waals surface area (Å²) in [4.78, 5) is 9.40. The second-order valence-corrected chi connectivity index (χ2v) is 6.25. The first-order chi connectivity index (χ1) is 10.0. The quantitative estimate of drug-likeness (QED) is 0.722. The fraction of sp³-hybridized carbons (Fsp3) is 0.133. The molecule has 0 unspecified atom stereocenters. The SMILES string of the molecule is Cc1cc(C)c(C(N)=S)c(Nc2nc3ccccc3s2)n1. The van der Waals surface area contributed by atoms with Gasteiger partial charge in [0.25, 0.3) is 0 Å². The van der Waals surface area contributed by atoms with Crippen molar-refractivity contribution in [3.63, 3.8) is 0 Å². The van der Waals surface area contributed by atoms with Gasteiger partial charge in [0.15, 0.2) is 5.13 Å². The number of fused-ring (bicyclic) bond motifs is 1. The van der Waals surface area contributed by atoms with Crippen molar-refractivity contribution in [1.29, 1.82) is 0 Å². The molecule has 0 fully saturated rings. The van der Waals surface area contributed by atoms with E-state index >= 15 is 0 Å². The summed E-state index contributed by atoms with van der Waals surface area (Å²) in [5, 5.41) is 4.04. The third kappa shape index (κ3) is 2.72. The molecule has 21 heavy (non-hydrogen) atoms. The van der Waals surface area contributed by atoms with E-state index in [1.165, 1.54) is 0 Å². The van der Waals surface area contributed by atoms with Gasteiger partial charge < -0.3 is 11.1 Å². The Morgan fingerprint density at radius 2 is 2.00 bits per heavy atom. The number of para-hydroxylation sites is 1. The lowest BCUT2D eigenvalue weighted by molar-refractivity contribution is 1.16. The first-order valence-electron chi connectivity index (χ1n) is 6.45. The van der Waals surface area contributed by atoms with Crippen molar-refractivity contribution in [3.8, 4) is 0 Å². The van der Waals surface area contributed by atoms with E-state index in [0.29, 0.717) is 10.8 Å². The number of hydrogen-bond acceptors (Lipinski definition) is 5. The lowest BCUT2D eigenvalue weighted by Crippen LogP contribution is -2.15. The number of thiazole rings is 1. The highest BCUT2D eigenvalue weighted by atomic mass is 32.1. The van der Waals surface area contributed by atoms with Crippen LogP contribution in [0.5, 0.6) is 0 Å². The van der Waals surface area contributed by atoms with Crippen LogP contribution in [-0.2, 0) is 0 Å². The second kappa shape index (κ2) is 5.38. The lowest BCUT2D eigenvalue weighted by atomic mass is 10.1. The van der Waals surface area contributed by atoms with E-state index in [4.69, 9.17) is 18.0 Å². The molecule has 0 radical (unpaired) electrons. The molecule has 106 valence electrons. The number of hydrogen-bond donors (Lipinski definition) is 2. The van der Waals surface area contributed by atoms with Crippen LogP contribution in [0.4, 0.5) is 10.9 Å². The highest BCUT2D eigenvalue weighted by Crippen LogP contribution is 2.29. The third-order valence-electron chi connectivity index (χ3n) is 3.11. The highest BCUT2D eigenvalue weighted by molar-refractivity contribution is 7.80. The molecular weight excluding hydrogens is 300 g/mol. The van der Waals surface area contributed by atoms with Gasteiger partial charge in [0, 0.05) is 5.69 Å². The van der Waals surface area contributed by atoms with Crippen molar-refractivity contribution in [3.05, 3.63) is 47.2 Å². The summed E-state index contributed by atoms with van der Waals surface area (Å²) in [6.45, 7) is 3.92. The zero-order chi connectivity index (χ0) is 15.0. The number of nitrogens with one attached hydrogen (secondary N) is 1. The average molecular weight is 314 g/mol. The van der Waals surface area contributed by atoms with E-state index in [-0.39, 0.29) is 0 Å². The van der Waals surface area contributed by atoms with E-state index in [9.17, 15) is 0 Å². The van der Waals surface area contributed by atoms with Gasteiger partial charge in [-0.25, -0.2) is 9.97 Å². The predicted octanol–water partition coefficient (Wildman–Crippen LogP) is 3.69. The Bertz CT molecular complexity index is 806. The number of rotatable bonds is 3. The van der Waals surface area contributed by atoms with Crippen LogP contribution in [0.25, 0.3) is 10.2 Å². The maximum absolute atomic E-state index is 5.83. The second-order valence-electron chi connectivity index (χ2n) is 4.78. The minimum atomic E-state index is 0.337. The molecule has 2 heterocycles. The molecule has 0 saturated carbocycles. The maximum atomic E-state index is 5.83. The highest BCUT2D eigenvalue weighted by Gasteiger charge is 2.13. The van der Waals surface area contributed by atoms with Gasteiger partial charge in [-0.3, -0.25) is 0 Å². The Morgan fingerprint density at radius 3 is 2.71 bits per heavy atom. The fourth-order valence-electron chi connectivity index (χ4n) is 2.27. The number of pyridine rings is 1. The van der Waals surface area contributed by atoms with Crippen LogP contribution in [0.3, 0.4) is 0 Å². The summed E-state index contributed by atoms with van der Waals surface area (Å²) in [5.41, 5.74) is 9.49. The Morgan fingerprint density at radius 1 is 1.24 bits per heavy atom. The van der Waals surface area contributed by atoms with Crippen LogP contribution in [0, 0.1) is 13.8 Å². The number of anilines is 2. The first-order valence-corrected chi connectivity index (χ1v) is 7.67. The zero-order valence-corrected chi connectivity index (χ0v) is 13.3. The summed E-state index contributed by atoms with van der Waals surface area (Å²) in [7, 11) is 0. The maximum Gasteiger partial charge on any atom is 0.189 e. The van der Waals surface area contributed by atoms with E-state index < -0.39 is 0 Å². The largest absolute Gasteiger partial charge is 0.389 e. The molecular formula is C15H14N4S2. The van der Waals surface area contributed by atoms with Crippen molar-refractivity contribution in [1.82, 2.24) is 9.97 Å². The van der Waals surface area contributed by atoms with Gasteiger partial charge in [0.2, 0.25) is 0 Å². The van der Waals surface area contributed by atoms with E-state index in [1.54, 1.807) is 11.3 Å². The van der Waals surface area contributed by atoms with E-state index in [2.05, 4.69) is 15.3 Å². The van der Waals surface area contributed by atoms with Gasteiger partial charge in [-0.2, -0.15) is 0 Å². The standard InChI is InChI=1S/C15H14N4S2/c1-8-7-9(2)17-14(12(8)13(16)20)19-15-18-10-5-3-4-6-11(10)21-15/h3-7H,1-2H3,(H2,16,20)(H,17,18,19). The van der Waals surface area contributed by atoms with Crippen LogP contribution in [-0.4, -0.2) is 15.0 Å². The summed E-state index contributed by atoms with van der Waals surface area (Å²) in [6.07, 6.45) is 0. The normalized spacial score (nSPS) is 10.8. The number of nitrogens with zero attached hydrogens (tertiary/aromatic N) is 2. The number of benzene rings is 1. The molecule has 3 N–H and O–H groups in total. The predicted molar refractivity (Wildman–Crippen MR) is 92.5 cm³/mol. The molecule has 0 saturated heterocycles. The molecule has 4 nitrogen and oxygen atoms in total. The van der Waals surface area contributed by atoms with Crippen molar-refractivity contribution < 1.29 is 0 Å². The van der Waals surface area contributed by atoms with Crippen molar-refractivity contribution in [2.24, 2.45) is 5.73 Å². The van der Waals surface area contributed by atoms with Crippen LogP contribution >= 0.6 is 23.6 Å². The van der Waals surface area contributed by atoms with Gasteiger partial charge in [-0.15, -0.1) is 0 Å². The molecule has 0 amide bonds. The summed E-state index contributed by atoms with van der Waals surface area (Å²) in [5.74, 6) is 0.666. The molecule has 0 spiro atoms. The molecule has 1 aromatic carbocycles. The average Bonchev–Trinajstić information content (AvgIpc) is 2.79. The smallest absolute Gasteiger partial charge is 0.189 e. The summed E-state index contributed by atoms with van der Waals surface area (Å²) in [6, 6.07) is 9.97. The van der Waals surface area contributed by atoms with Crippen molar-refractivity contribution in [2.45, 2.75) is 13.8 Å². The molecule has 6 heteroatoms. The van der Waals surface area contributed by atoms with Crippen LogP contribution in [0.1, 0.15) is 16.8 Å². The van der Waals surface area contributed by atoms with Crippen LogP contribution in [0.2, 0.25) is 0 Å². The lowest BCUT2D eigenvalue weighted by Gasteiger charge is -2.12. The molecule has 3 aromatic rings. The molecule has 0 atom stereocenters. The molecule has 0 bridgehead atoms. The number of thiocarbonyl (C=S) groups is 1. The van der Waals surface area contributed by atoms with Crippen molar-refractivity contribution >= 4 is 49.7 Å². The number of aryl methyl sites for hydroxylation is 2. The monoisotopic (exact) mass is 314 g/mol. The van der Waals surface area contributed by atoms with E-state index in [1.807, 2.05) is 44.2 Å². The van der Waals surface area contributed by atoms with Gasteiger partial charge in [-0.05, 0) is 37.6 Å². The number of aromatic nitrogens is 2. The first kappa shape index (κ1) is 13.9.